The Morgan fingerprint density at radius 1 is 1.55 bits per heavy atom. The van der Waals surface area contributed by atoms with E-state index < -0.39 is 11.9 Å². The van der Waals surface area contributed by atoms with Gasteiger partial charge in [-0.25, -0.2) is 9.59 Å². The second kappa shape index (κ2) is 4.49. The zero-order valence-electron chi connectivity index (χ0n) is 6.46. The number of carboxylic acids is 1. The van der Waals surface area contributed by atoms with Crippen molar-refractivity contribution in [3.63, 3.8) is 0 Å². The fourth-order valence-electron chi connectivity index (χ4n) is 0.422. The van der Waals surface area contributed by atoms with E-state index in [0.717, 1.165) is 6.08 Å². The largest absolute Gasteiger partial charge is 0.478 e. The lowest BCUT2D eigenvalue weighted by molar-refractivity contribution is -0.138. The SMILES string of the molecule is CCOC(=O)/C=C(\C)C(=O)O. The molecule has 62 valence electrons. The molecule has 0 aromatic rings. The summed E-state index contributed by atoms with van der Waals surface area (Å²) in [6.45, 7) is 3.24. The zero-order valence-corrected chi connectivity index (χ0v) is 6.46. The number of hydrogen-bond acceptors (Lipinski definition) is 3. The van der Waals surface area contributed by atoms with Crippen molar-refractivity contribution in [2.24, 2.45) is 0 Å². The van der Waals surface area contributed by atoms with Crippen LogP contribution in [0.25, 0.3) is 0 Å². The number of carboxylic acid groups (broad SMARTS) is 1. The number of carbonyl (C=O) groups excluding carboxylic acids is 1. The summed E-state index contributed by atoms with van der Waals surface area (Å²) in [5, 5.41) is 8.32. The van der Waals surface area contributed by atoms with Crippen LogP contribution in [-0.4, -0.2) is 23.7 Å². The maximum absolute atomic E-state index is 10.6. The van der Waals surface area contributed by atoms with Gasteiger partial charge in [-0.15, -0.1) is 0 Å². The monoisotopic (exact) mass is 158 g/mol. The van der Waals surface area contributed by atoms with Gasteiger partial charge in [-0.1, -0.05) is 0 Å². The fraction of sp³-hybridized carbons (Fsp3) is 0.429. The molecule has 4 nitrogen and oxygen atoms in total. The zero-order chi connectivity index (χ0) is 8.85. The van der Waals surface area contributed by atoms with Gasteiger partial charge in [0.15, 0.2) is 0 Å². The lowest BCUT2D eigenvalue weighted by Gasteiger charge is -1.95. The van der Waals surface area contributed by atoms with Crippen molar-refractivity contribution in [1.29, 1.82) is 0 Å². The van der Waals surface area contributed by atoms with Crippen molar-refractivity contribution in [3.8, 4) is 0 Å². The summed E-state index contributed by atoms with van der Waals surface area (Å²) in [5.41, 5.74) is -0.0246. The number of aliphatic carboxylic acids is 1. The lowest BCUT2D eigenvalue weighted by Crippen LogP contribution is -2.04. The van der Waals surface area contributed by atoms with Gasteiger partial charge >= 0.3 is 11.9 Å². The Kier molecular flexibility index (Phi) is 3.95. The van der Waals surface area contributed by atoms with Crippen LogP contribution in [0.5, 0.6) is 0 Å². The molecule has 0 unspecified atom stereocenters. The summed E-state index contributed by atoms with van der Waals surface area (Å²) in [7, 11) is 0. The molecule has 0 aromatic heterocycles. The minimum absolute atomic E-state index is 0.0246. The summed E-state index contributed by atoms with van der Waals surface area (Å²) in [6.07, 6.45) is 0.950. The van der Waals surface area contributed by atoms with E-state index in [0.29, 0.717) is 0 Å². The maximum Gasteiger partial charge on any atom is 0.331 e. The lowest BCUT2D eigenvalue weighted by atomic mass is 10.3. The van der Waals surface area contributed by atoms with Gasteiger partial charge in [-0.2, -0.15) is 0 Å². The van der Waals surface area contributed by atoms with E-state index in [1.54, 1.807) is 6.92 Å². The minimum Gasteiger partial charge on any atom is -0.478 e. The number of carbonyl (C=O) groups is 2. The van der Waals surface area contributed by atoms with E-state index in [9.17, 15) is 9.59 Å². The van der Waals surface area contributed by atoms with Gasteiger partial charge in [0.1, 0.15) is 0 Å². The first kappa shape index (κ1) is 9.68. The van der Waals surface area contributed by atoms with Crippen molar-refractivity contribution in [2.75, 3.05) is 6.61 Å². The fourth-order valence-corrected chi connectivity index (χ4v) is 0.422. The second-order valence-corrected chi connectivity index (χ2v) is 1.88. The van der Waals surface area contributed by atoms with Crippen LogP contribution in [0, 0.1) is 0 Å². The Labute approximate surface area is 64.5 Å². The van der Waals surface area contributed by atoms with Gasteiger partial charge in [0, 0.05) is 11.6 Å². The Morgan fingerprint density at radius 3 is 2.45 bits per heavy atom. The van der Waals surface area contributed by atoms with E-state index in [1.807, 2.05) is 0 Å². The molecule has 1 N–H and O–H groups in total. The highest BCUT2D eigenvalue weighted by Crippen LogP contribution is 1.92. The highest BCUT2D eigenvalue weighted by molar-refractivity contribution is 5.94. The van der Waals surface area contributed by atoms with Crippen LogP contribution in [0.1, 0.15) is 13.8 Å². The third-order valence-electron chi connectivity index (χ3n) is 0.958. The van der Waals surface area contributed by atoms with Crippen LogP contribution in [0.15, 0.2) is 11.6 Å². The quantitative estimate of drug-likeness (QED) is 0.482. The molecule has 0 aromatic carbocycles. The van der Waals surface area contributed by atoms with E-state index in [-0.39, 0.29) is 12.2 Å². The normalized spacial score (nSPS) is 10.9. The first-order valence-electron chi connectivity index (χ1n) is 3.16. The summed E-state index contributed by atoms with van der Waals surface area (Å²) in [5.74, 6) is -1.73. The first-order chi connectivity index (χ1) is 5.07. The van der Waals surface area contributed by atoms with Gasteiger partial charge in [0.05, 0.1) is 6.61 Å². The van der Waals surface area contributed by atoms with Crippen LogP contribution < -0.4 is 0 Å². The maximum atomic E-state index is 10.6. The smallest absolute Gasteiger partial charge is 0.331 e. The molecule has 0 atom stereocenters. The van der Waals surface area contributed by atoms with E-state index in [4.69, 9.17) is 5.11 Å². The molecular weight excluding hydrogens is 148 g/mol. The Balaban J connectivity index is 4.08. The average Bonchev–Trinajstić information content (AvgIpc) is 1.87. The summed E-state index contributed by atoms with van der Waals surface area (Å²) < 4.78 is 4.48. The van der Waals surface area contributed by atoms with Gasteiger partial charge in [0.25, 0.3) is 0 Å². The Hall–Kier alpha value is -1.32. The molecule has 4 heteroatoms. The summed E-state index contributed by atoms with van der Waals surface area (Å²) in [6, 6.07) is 0. The molecule has 0 spiro atoms. The second-order valence-electron chi connectivity index (χ2n) is 1.88. The van der Waals surface area contributed by atoms with Crippen molar-refractivity contribution in [2.45, 2.75) is 13.8 Å². The van der Waals surface area contributed by atoms with Crippen LogP contribution >= 0.6 is 0 Å². The molecule has 0 aliphatic rings. The van der Waals surface area contributed by atoms with Crippen molar-refractivity contribution >= 4 is 11.9 Å². The van der Waals surface area contributed by atoms with Gasteiger partial charge in [-0.05, 0) is 13.8 Å². The molecule has 0 heterocycles. The number of esters is 1. The number of ether oxygens (including phenoxy) is 1. The highest BCUT2D eigenvalue weighted by Gasteiger charge is 2.03. The molecular formula is C7H10O4. The molecule has 0 saturated heterocycles. The molecule has 11 heavy (non-hydrogen) atoms. The molecule has 0 bridgehead atoms. The molecule has 0 fully saturated rings. The topological polar surface area (TPSA) is 63.6 Å². The van der Waals surface area contributed by atoms with E-state index in [2.05, 4.69) is 4.74 Å². The van der Waals surface area contributed by atoms with Crippen LogP contribution in [0.4, 0.5) is 0 Å². The average molecular weight is 158 g/mol. The third kappa shape index (κ3) is 4.13. The van der Waals surface area contributed by atoms with Crippen LogP contribution in [0.3, 0.4) is 0 Å². The number of hydrogen-bond donors (Lipinski definition) is 1. The molecule has 0 aliphatic heterocycles. The minimum atomic E-state index is -1.11. The Bertz CT molecular complexity index is 193. The van der Waals surface area contributed by atoms with Crippen molar-refractivity contribution < 1.29 is 19.4 Å². The van der Waals surface area contributed by atoms with Gasteiger partial charge < -0.3 is 9.84 Å². The van der Waals surface area contributed by atoms with Crippen LogP contribution in [-0.2, 0) is 14.3 Å². The van der Waals surface area contributed by atoms with Gasteiger partial charge in [0.2, 0.25) is 0 Å². The third-order valence-corrected chi connectivity index (χ3v) is 0.958. The predicted molar refractivity (Wildman–Crippen MR) is 38.0 cm³/mol. The highest BCUT2D eigenvalue weighted by atomic mass is 16.5. The predicted octanol–water partition coefficient (Wildman–Crippen LogP) is 0.580. The number of rotatable bonds is 3. The molecule has 0 aliphatic carbocycles. The molecule has 0 amide bonds. The Morgan fingerprint density at radius 2 is 2.09 bits per heavy atom. The molecule has 0 saturated carbocycles. The van der Waals surface area contributed by atoms with Crippen molar-refractivity contribution in [3.05, 3.63) is 11.6 Å². The molecule has 0 rings (SSSR count). The van der Waals surface area contributed by atoms with Gasteiger partial charge in [-0.3, -0.25) is 0 Å². The van der Waals surface area contributed by atoms with Crippen molar-refractivity contribution in [1.82, 2.24) is 0 Å². The standard InChI is InChI=1S/C7H10O4/c1-3-11-6(8)4-5(2)7(9)10/h4H,3H2,1-2H3,(H,9,10)/b5-4+. The summed E-state index contributed by atoms with van der Waals surface area (Å²) in [4.78, 5) is 20.8. The van der Waals surface area contributed by atoms with E-state index >= 15 is 0 Å². The van der Waals surface area contributed by atoms with E-state index in [1.165, 1.54) is 6.92 Å². The summed E-state index contributed by atoms with van der Waals surface area (Å²) >= 11 is 0. The molecule has 0 radical (unpaired) electrons. The first-order valence-corrected chi connectivity index (χ1v) is 3.16. The van der Waals surface area contributed by atoms with Crippen LogP contribution in [0.2, 0.25) is 0 Å².